The second-order valence-corrected chi connectivity index (χ2v) is 4.52. The molecule has 0 bridgehead atoms. The molecule has 0 radical (unpaired) electrons. The predicted molar refractivity (Wildman–Crippen MR) is 62.4 cm³/mol. The van der Waals surface area contributed by atoms with Crippen molar-refractivity contribution in [2.24, 2.45) is 5.73 Å². The number of carboxylic acids is 1. The van der Waals surface area contributed by atoms with E-state index in [0.717, 1.165) is 19.3 Å². The number of aliphatic carboxylic acids is 1. The Labute approximate surface area is 95.3 Å². The number of carboxylic acid groups (broad SMARTS) is 1. The Morgan fingerprint density at radius 1 is 1.38 bits per heavy atom. The summed E-state index contributed by atoms with van der Waals surface area (Å²) in [7, 11) is 0. The summed E-state index contributed by atoms with van der Waals surface area (Å²) in [4.78, 5) is 10.4. The van der Waals surface area contributed by atoms with Crippen LogP contribution < -0.4 is 5.73 Å². The van der Waals surface area contributed by atoms with Gasteiger partial charge in [0.05, 0.1) is 0 Å². The van der Waals surface area contributed by atoms with Crippen LogP contribution in [0.2, 0.25) is 0 Å². The zero-order valence-corrected chi connectivity index (χ0v) is 9.28. The molecular weight excluding hydrogens is 202 g/mol. The molecule has 0 saturated carbocycles. The number of hydrogen-bond acceptors (Lipinski definition) is 2. The zero-order valence-electron chi connectivity index (χ0n) is 9.28. The second-order valence-electron chi connectivity index (χ2n) is 4.52. The number of nitrogens with two attached hydrogens (primary N) is 1. The standard InChI is InChI=1S/C13H17NO2/c14-12-7-10-5-4-9(6-11(10)8-12)2-1-3-13(15)16/h4-6,12H,1-3,7-8,14H2,(H,15,16). The van der Waals surface area contributed by atoms with Gasteiger partial charge in [0.2, 0.25) is 0 Å². The smallest absolute Gasteiger partial charge is 0.303 e. The molecule has 0 saturated heterocycles. The van der Waals surface area contributed by atoms with Gasteiger partial charge in [0.25, 0.3) is 0 Å². The minimum atomic E-state index is -0.719. The summed E-state index contributed by atoms with van der Waals surface area (Å²) < 4.78 is 0. The van der Waals surface area contributed by atoms with Gasteiger partial charge in [-0.05, 0) is 42.4 Å². The average molecular weight is 219 g/mol. The van der Waals surface area contributed by atoms with Crippen molar-refractivity contribution in [3.63, 3.8) is 0 Å². The highest BCUT2D eigenvalue weighted by atomic mass is 16.4. The molecule has 1 aromatic carbocycles. The summed E-state index contributed by atoms with van der Waals surface area (Å²) in [6.07, 6.45) is 3.73. The molecule has 16 heavy (non-hydrogen) atoms. The van der Waals surface area contributed by atoms with Crippen LogP contribution in [0.15, 0.2) is 18.2 Å². The highest BCUT2D eigenvalue weighted by Gasteiger charge is 2.17. The van der Waals surface area contributed by atoms with Crippen molar-refractivity contribution >= 4 is 5.97 Å². The van der Waals surface area contributed by atoms with Gasteiger partial charge in [0, 0.05) is 12.5 Å². The monoisotopic (exact) mass is 219 g/mol. The molecular formula is C13H17NO2. The highest BCUT2D eigenvalue weighted by Crippen LogP contribution is 2.23. The first-order valence-electron chi connectivity index (χ1n) is 5.73. The summed E-state index contributed by atoms with van der Waals surface area (Å²) >= 11 is 0. The minimum Gasteiger partial charge on any atom is -0.481 e. The molecule has 0 aliphatic heterocycles. The maximum absolute atomic E-state index is 10.4. The normalized spacial score (nSPS) is 18.4. The molecule has 3 N–H and O–H groups in total. The zero-order chi connectivity index (χ0) is 11.5. The third-order valence-corrected chi connectivity index (χ3v) is 3.09. The molecule has 1 unspecified atom stereocenters. The number of benzene rings is 1. The van der Waals surface area contributed by atoms with Gasteiger partial charge in [-0.25, -0.2) is 0 Å². The molecule has 0 spiro atoms. The summed E-state index contributed by atoms with van der Waals surface area (Å²) in [5.41, 5.74) is 9.83. The van der Waals surface area contributed by atoms with Crippen LogP contribution in [-0.4, -0.2) is 17.1 Å². The molecule has 3 nitrogen and oxygen atoms in total. The summed E-state index contributed by atoms with van der Waals surface area (Å²) in [5.74, 6) is -0.719. The lowest BCUT2D eigenvalue weighted by molar-refractivity contribution is -0.137. The molecule has 1 aromatic rings. The Balaban J connectivity index is 1.97. The van der Waals surface area contributed by atoms with Gasteiger partial charge in [-0.15, -0.1) is 0 Å². The van der Waals surface area contributed by atoms with Gasteiger partial charge in [-0.3, -0.25) is 4.79 Å². The Morgan fingerprint density at radius 2 is 2.12 bits per heavy atom. The maximum Gasteiger partial charge on any atom is 0.303 e. The van der Waals surface area contributed by atoms with Gasteiger partial charge in [-0.1, -0.05) is 18.2 Å². The molecule has 0 amide bonds. The Hall–Kier alpha value is -1.35. The van der Waals surface area contributed by atoms with Crippen LogP contribution in [0, 0.1) is 0 Å². The van der Waals surface area contributed by atoms with Gasteiger partial charge < -0.3 is 10.8 Å². The third kappa shape index (κ3) is 2.61. The van der Waals surface area contributed by atoms with Gasteiger partial charge in [0.15, 0.2) is 0 Å². The molecule has 1 aliphatic rings. The number of fused-ring (bicyclic) bond motifs is 1. The fourth-order valence-corrected chi connectivity index (χ4v) is 2.30. The van der Waals surface area contributed by atoms with E-state index in [0.29, 0.717) is 6.42 Å². The molecule has 1 aliphatic carbocycles. The highest BCUT2D eigenvalue weighted by molar-refractivity contribution is 5.66. The van der Waals surface area contributed by atoms with Gasteiger partial charge in [-0.2, -0.15) is 0 Å². The van der Waals surface area contributed by atoms with Crippen LogP contribution in [0.3, 0.4) is 0 Å². The quantitative estimate of drug-likeness (QED) is 0.807. The summed E-state index contributed by atoms with van der Waals surface area (Å²) in [6, 6.07) is 6.69. The lowest BCUT2D eigenvalue weighted by Crippen LogP contribution is -2.18. The number of aryl methyl sites for hydroxylation is 1. The van der Waals surface area contributed by atoms with Crippen molar-refractivity contribution in [1.82, 2.24) is 0 Å². The van der Waals surface area contributed by atoms with Crippen LogP contribution in [0.5, 0.6) is 0 Å². The van der Waals surface area contributed by atoms with E-state index in [9.17, 15) is 4.79 Å². The third-order valence-electron chi connectivity index (χ3n) is 3.09. The van der Waals surface area contributed by atoms with Crippen LogP contribution in [-0.2, 0) is 24.1 Å². The van der Waals surface area contributed by atoms with E-state index < -0.39 is 5.97 Å². The predicted octanol–water partition coefficient (Wildman–Crippen LogP) is 1.52. The Bertz CT molecular complexity index is 401. The van der Waals surface area contributed by atoms with Gasteiger partial charge >= 0.3 is 5.97 Å². The second kappa shape index (κ2) is 4.66. The Morgan fingerprint density at radius 3 is 2.88 bits per heavy atom. The van der Waals surface area contributed by atoms with Crippen LogP contribution in [0.25, 0.3) is 0 Å². The van der Waals surface area contributed by atoms with Crippen molar-refractivity contribution in [2.75, 3.05) is 0 Å². The van der Waals surface area contributed by atoms with Crippen molar-refractivity contribution in [3.05, 3.63) is 34.9 Å². The molecule has 0 fully saturated rings. The van der Waals surface area contributed by atoms with Crippen molar-refractivity contribution in [2.45, 2.75) is 38.1 Å². The van der Waals surface area contributed by atoms with E-state index in [2.05, 4.69) is 18.2 Å². The fraction of sp³-hybridized carbons (Fsp3) is 0.462. The number of hydrogen-bond donors (Lipinski definition) is 2. The first-order chi connectivity index (χ1) is 7.65. The summed E-state index contributed by atoms with van der Waals surface area (Å²) in [5, 5.41) is 8.56. The molecule has 1 atom stereocenters. The van der Waals surface area contributed by atoms with E-state index >= 15 is 0 Å². The van der Waals surface area contributed by atoms with E-state index in [1.165, 1.54) is 16.7 Å². The van der Waals surface area contributed by atoms with E-state index in [-0.39, 0.29) is 12.5 Å². The molecule has 3 heteroatoms. The molecule has 2 rings (SSSR count). The maximum atomic E-state index is 10.4. The van der Waals surface area contributed by atoms with Crippen molar-refractivity contribution in [1.29, 1.82) is 0 Å². The fourth-order valence-electron chi connectivity index (χ4n) is 2.30. The largest absolute Gasteiger partial charge is 0.481 e. The molecule has 0 heterocycles. The lowest BCUT2D eigenvalue weighted by atomic mass is 10.0. The van der Waals surface area contributed by atoms with E-state index in [1.54, 1.807) is 0 Å². The van der Waals surface area contributed by atoms with Crippen LogP contribution in [0.1, 0.15) is 29.5 Å². The van der Waals surface area contributed by atoms with Crippen molar-refractivity contribution in [3.8, 4) is 0 Å². The van der Waals surface area contributed by atoms with Crippen molar-refractivity contribution < 1.29 is 9.90 Å². The number of rotatable bonds is 4. The van der Waals surface area contributed by atoms with E-state index in [1.807, 2.05) is 0 Å². The van der Waals surface area contributed by atoms with Crippen LogP contribution >= 0.6 is 0 Å². The topological polar surface area (TPSA) is 63.3 Å². The Kier molecular flexibility index (Phi) is 3.25. The minimum absolute atomic E-state index is 0.247. The average Bonchev–Trinajstić information content (AvgIpc) is 2.56. The van der Waals surface area contributed by atoms with Gasteiger partial charge in [0.1, 0.15) is 0 Å². The molecule has 86 valence electrons. The van der Waals surface area contributed by atoms with Crippen LogP contribution in [0.4, 0.5) is 0 Å². The SMILES string of the molecule is NC1Cc2ccc(CCCC(=O)O)cc2C1. The first kappa shape index (κ1) is 11.1. The van der Waals surface area contributed by atoms with E-state index in [4.69, 9.17) is 10.8 Å². The molecule has 0 aromatic heterocycles. The number of carbonyl (C=O) groups is 1. The lowest BCUT2D eigenvalue weighted by Gasteiger charge is -2.03. The first-order valence-corrected chi connectivity index (χ1v) is 5.73. The summed E-state index contributed by atoms with van der Waals surface area (Å²) in [6.45, 7) is 0.